The molecule has 0 aromatic heterocycles. The highest BCUT2D eigenvalue weighted by Gasteiger charge is 2.36. The highest BCUT2D eigenvalue weighted by molar-refractivity contribution is 5.79. The lowest BCUT2D eigenvalue weighted by Crippen LogP contribution is -2.55. The summed E-state index contributed by atoms with van der Waals surface area (Å²) in [6, 6.07) is 7.16. The van der Waals surface area contributed by atoms with Gasteiger partial charge < -0.3 is 10.6 Å². The molecule has 4 rings (SSSR count). The van der Waals surface area contributed by atoms with Crippen LogP contribution in [-0.4, -0.2) is 41.4 Å². The summed E-state index contributed by atoms with van der Waals surface area (Å²) in [6.07, 6.45) is 6.98. The molecule has 1 heterocycles. The number of anilines is 1. The van der Waals surface area contributed by atoms with Gasteiger partial charge in [0.15, 0.2) is 0 Å². The van der Waals surface area contributed by atoms with Gasteiger partial charge in [-0.05, 0) is 55.9 Å². The largest absolute Gasteiger partial charge is 0.399 e. The molecule has 2 N–H and O–H groups in total. The van der Waals surface area contributed by atoms with E-state index in [-0.39, 0.29) is 0 Å². The number of hydrogen-bond donors (Lipinski definition) is 1. The van der Waals surface area contributed by atoms with Crippen LogP contribution in [0.4, 0.5) is 5.69 Å². The Balaban J connectivity index is 1.44. The third kappa shape index (κ3) is 2.81. The van der Waals surface area contributed by atoms with Gasteiger partial charge in [-0.25, -0.2) is 0 Å². The summed E-state index contributed by atoms with van der Waals surface area (Å²) < 4.78 is 0. The minimum atomic E-state index is 0.297. The van der Waals surface area contributed by atoms with Gasteiger partial charge in [0.2, 0.25) is 5.91 Å². The van der Waals surface area contributed by atoms with Gasteiger partial charge in [-0.1, -0.05) is 18.9 Å². The maximum Gasteiger partial charge on any atom is 0.226 e. The number of amides is 1. The van der Waals surface area contributed by atoms with Gasteiger partial charge in [-0.2, -0.15) is 0 Å². The average molecular weight is 327 g/mol. The van der Waals surface area contributed by atoms with Crippen LogP contribution in [0.3, 0.4) is 0 Å². The van der Waals surface area contributed by atoms with Crippen LogP contribution in [-0.2, 0) is 11.2 Å². The van der Waals surface area contributed by atoms with Gasteiger partial charge in [0.05, 0.1) is 0 Å². The van der Waals surface area contributed by atoms with E-state index in [0.29, 0.717) is 23.9 Å². The lowest BCUT2D eigenvalue weighted by molar-refractivity contribution is -0.140. The van der Waals surface area contributed by atoms with E-state index in [0.717, 1.165) is 44.6 Å². The SMILES string of the molecule is CC1CN(C2CCc3ccc(N)cc32)CCN1C(=O)C1CCCC1. The Morgan fingerprint density at radius 2 is 1.96 bits per heavy atom. The number of carbonyl (C=O) groups excluding carboxylic acids is 1. The van der Waals surface area contributed by atoms with Crippen molar-refractivity contribution in [2.75, 3.05) is 25.4 Å². The highest BCUT2D eigenvalue weighted by Crippen LogP contribution is 2.38. The fourth-order valence-corrected chi connectivity index (χ4v) is 4.98. The molecule has 1 aliphatic heterocycles. The number of aryl methyl sites for hydroxylation is 1. The molecule has 2 aliphatic carbocycles. The second kappa shape index (κ2) is 6.40. The van der Waals surface area contributed by atoms with Gasteiger partial charge in [-0.3, -0.25) is 9.69 Å². The Labute approximate surface area is 145 Å². The van der Waals surface area contributed by atoms with Crippen LogP contribution in [0.15, 0.2) is 18.2 Å². The molecular weight excluding hydrogens is 298 g/mol. The molecule has 4 heteroatoms. The second-order valence-electron chi connectivity index (χ2n) is 7.87. The molecule has 1 saturated carbocycles. The third-order valence-corrected chi connectivity index (χ3v) is 6.30. The molecule has 130 valence electrons. The zero-order valence-electron chi connectivity index (χ0n) is 14.7. The zero-order valence-corrected chi connectivity index (χ0v) is 14.7. The number of piperazine rings is 1. The fourth-order valence-electron chi connectivity index (χ4n) is 4.98. The smallest absolute Gasteiger partial charge is 0.226 e. The summed E-state index contributed by atoms with van der Waals surface area (Å²) >= 11 is 0. The molecule has 1 saturated heterocycles. The molecule has 1 aromatic rings. The number of carbonyl (C=O) groups is 1. The summed E-state index contributed by atoms with van der Waals surface area (Å²) in [5, 5.41) is 0. The standard InChI is InChI=1S/C20H29N3O/c1-14-13-22(10-11-23(14)20(24)16-4-2-3-5-16)19-9-7-15-6-8-17(21)12-18(15)19/h6,8,12,14,16,19H,2-5,7,9-11,13,21H2,1H3. The van der Waals surface area contributed by atoms with E-state index in [1.54, 1.807) is 0 Å². The lowest BCUT2D eigenvalue weighted by atomic mass is 10.0. The number of nitrogens with two attached hydrogens (primary N) is 1. The normalized spacial score (nSPS) is 28.3. The van der Waals surface area contributed by atoms with Gasteiger partial charge in [0.1, 0.15) is 0 Å². The van der Waals surface area contributed by atoms with E-state index in [4.69, 9.17) is 5.73 Å². The van der Waals surface area contributed by atoms with Gasteiger partial charge in [-0.15, -0.1) is 0 Å². The Kier molecular flexibility index (Phi) is 4.25. The van der Waals surface area contributed by atoms with E-state index in [1.807, 2.05) is 6.07 Å². The summed E-state index contributed by atoms with van der Waals surface area (Å²) in [4.78, 5) is 17.5. The molecule has 24 heavy (non-hydrogen) atoms. The Hall–Kier alpha value is -1.55. The van der Waals surface area contributed by atoms with Crippen molar-refractivity contribution in [2.45, 2.75) is 57.5 Å². The molecule has 1 aromatic carbocycles. The molecule has 0 radical (unpaired) electrons. The zero-order chi connectivity index (χ0) is 16.7. The van der Waals surface area contributed by atoms with Crippen molar-refractivity contribution in [3.63, 3.8) is 0 Å². The van der Waals surface area contributed by atoms with Crippen molar-refractivity contribution in [1.29, 1.82) is 0 Å². The van der Waals surface area contributed by atoms with Crippen molar-refractivity contribution >= 4 is 11.6 Å². The third-order valence-electron chi connectivity index (χ3n) is 6.30. The minimum Gasteiger partial charge on any atom is -0.399 e. The van der Waals surface area contributed by atoms with E-state index >= 15 is 0 Å². The number of fused-ring (bicyclic) bond motifs is 1. The molecule has 2 fully saturated rings. The first-order valence-corrected chi connectivity index (χ1v) is 9.56. The number of nitrogen functional groups attached to an aromatic ring is 1. The Morgan fingerprint density at radius 3 is 2.71 bits per heavy atom. The molecule has 1 amide bonds. The first-order chi connectivity index (χ1) is 11.6. The summed E-state index contributed by atoms with van der Waals surface area (Å²) in [5.41, 5.74) is 9.74. The number of rotatable bonds is 2. The molecular formula is C20H29N3O. The molecule has 3 aliphatic rings. The minimum absolute atomic E-state index is 0.297. The fraction of sp³-hybridized carbons (Fsp3) is 0.650. The highest BCUT2D eigenvalue weighted by atomic mass is 16.2. The predicted octanol–water partition coefficient (Wildman–Crippen LogP) is 2.98. The summed E-state index contributed by atoms with van der Waals surface area (Å²) in [6.45, 7) is 5.07. The van der Waals surface area contributed by atoms with Crippen LogP contribution in [0.2, 0.25) is 0 Å². The molecule has 2 atom stereocenters. The van der Waals surface area contributed by atoms with Crippen molar-refractivity contribution in [3.05, 3.63) is 29.3 Å². The quantitative estimate of drug-likeness (QED) is 0.850. The van der Waals surface area contributed by atoms with Crippen LogP contribution >= 0.6 is 0 Å². The van der Waals surface area contributed by atoms with E-state index < -0.39 is 0 Å². The number of benzene rings is 1. The first-order valence-electron chi connectivity index (χ1n) is 9.56. The van der Waals surface area contributed by atoms with Crippen molar-refractivity contribution in [2.24, 2.45) is 5.92 Å². The van der Waals surface area contributed by atoms with Crippen LogP contribution in [0.1, 0.15) is 56.2 Å². The molecule has 4 nitrogen and oxygen atoms in total. The van der Waals surface area contributed by atoms with E-state index in [9.17, 15) is 4.79 Å². The molecule has 2 unspecified atom stereocenters. The lowest BCUT2D eigenvalue weighted by Gasteiger charge is -2.43. The average Bonchev–Trinajstić information content (AvgIpc) is 3.23. The monoisotopic (exact) mass is 327 g/mol. The van der Waals surface area contributed by atoms with Crippen molar-refractivity contribution in [1.82, 2.24) is 9.80 Å². The topological polar surface area (TPSA) is 49.6 Å². The van der Waals surface area contributed by atoms with Gasteiger partial charge in [0.25, 0.3) is 0 Å². The maximum atomic E-state index is 12.8. The second-order valence-corrected chi connectivity index (χ2v) is 7.87. The predicted molar refractivity (Wildman–Crippen MR) is 96.6 cm³/mol. The van der Waals surface area contributed by atoms with Crippen molar-refractivity contribution in [3.8, 4) is 0 Å². The van der Waals surface area contributed by atoms with E-state index in [1.165, 1.54) is 30.4 Å². The molecule has 0 bridgehead atoms. The van der Waals surface area contributed by atoms with Gasteiger partial charge >= 0.3 is 0 Å². The van der Waals surface area contributed by atoms with Crippen LogP contribution < -0.4 is 5.73 Å². The first kappa shape index (κ1) is 15.9. The van der Waals surface area contributed by atoms with Crippen LogP contribution in [0.5, 0.6) is 0 Å². The number of nitrogens with zero attached hydrogens (tertiary/aromatic N) is 2. The Bertz CT molecular complexity index is 623. The van der Waals surface area contributed by atoms with Crippen LogP contribution in [0.25, 0.3) is 0 Å². The molecule has 0 spiro atoms. The number of hydrogen-bond acceptors (Lipinski definition) is 3. The summed E-state index contributed by atoms with van der Waals surface area (Å²) in [7, 11) is 0. The van der Waals surface area contributed by atoms with Gasteiger partial charge in [0, 0.05) is 43.3 Å². The maximum absolute atomic E-state index is 12.8. The van der Waals surface area contributed by atoms with Crippen molar-refractivity contribution < 1.29 is 4.79 Å². The van der Waals surface area contributed by atoms with Crippen LogP contribution in [0, 0.1) is 5.92 Å². The Morgan fingerprint density at radius 1 is 1.17 bits per heavy atom. The van der Waals surface area contributed by atoms with E-state index in [2.05, 4.69) is 28.9 Å². The summed E-state index contributed by atoms with van der Waals surface area (Å²) in [5.74, 6) is 0.710.